The highest BCUT2D eigenvalue weighted by molar-refractivity contribution is 4.68. The molecule has 2 heteroatoms. The predicted octanol–water partition coefficient (Wildman–Crippen LogP) is 2.92. The average molecular weight is 201 g/mol. The van der Waals surface area contributed by atoms with E-state index in [0.29, 0.717) is 12.1 Å². The molecular formula is C12H27NO. The number of hydrogen-bond acceptors (Lipinski definition) is 2. The standard InChI is InChI=1S/C12H27NO/c1-10(2)13(11(3)4)8-9-14-12(5,6)7/h10-11H,8-9H2,1-7H3. The largest absolute Gasteiger partial charge is 0.375 e. The molecule has 0 rings (SSSR count). The molecule has 0 N–H and O–H groups in total. The second-order valence-electron chi connectivity index (χ2n) is 5.39. The van der Waals surface area contributed by atoms with Crippen LogP contribution in [0.25, 0.3) is 0 Å². The summed E-state index contributed by atoms with van der Waals surface area (Å²) in [4.78, 5) is 2.45. The summed E-state index contributed by atoms with van der Waals surface area (Å²) in [6.45, 7) is 17.1. The molecule has 0 aromatic heterocycles. The van der Waals surface area contributed by atoms with E-state index in [0.717, 1.165) is 13.2 Å². The van der Waals surface area contributed by atoms with Gasteiger partial charge in [-0.05, 0) is 48.5 Å². The van der Waals surface area contributed by atoms with Crippen molar-refractivity contribution in [3.8, 4) is 0 Å². The maximum absolute atomic E-state index is 5.72. The van der Waals surface area contributed by atoms with Gasteiger partial charge in [0.1, 0.15) is 0 Å². The molecule has 0 fully saturated rings. The van der Waals surface area contributed by atoms with Crippen molar-refractivity contribution in [2.45, 2.75) is 66.2 Å². The summed E-state index contributed by atoms with van der Waals surface area (Å²) in [5.41, 5.74) is -0.0143. The van der Waals surface area contributed by atoms with Gasteiger partial charge >= 0.3 is 0 Å². The highest BCUT2D eigenvalue weighted by atomic mass is 16.5. The van der Waals surface area contributed by atoms with Gasteiger partial charge in [0.25, 0.3) is 0 Å². The maximum atomic E-state index is 5.72. The van der Waals surface area contributed by atoms with Crippen molar-refractivity contribution in [1.82, 2.24) is 4.90 Å². The third kappa shape index (κ3) is 6.39. The van der Waals surface area contributed by atoms with Crippen molar-refractivity contribution in [1.29, 1.82) is 0 Å². The van der Waals surface area contributed by atoms with Gasteiger partial charge in [-0.2, -0.15) is 0 Å². The summed E-state index contributed by atoms with van der Waals surface area (Å²) < 4.78 is 5.72. The Bertz CT molecular complexity index is 139. The van der Waals surface area contributed by atoms with Gasteiger partial charge in [0.15, 0.2) is 0 Å². The van der Waals surface area contributed by atoms with Crippen LogP contribution in [0.4, 0.5) is 0 Å². The minimum absolute atomic E-state index is 0.0143. The molecular weight excluding hydrogens is 174 g/mol. The van der Waals surface area contributed by atoms with E-state index in [-0.39, 0.29) is 5.60 Å². The van der Waals surface area contributed by atoms with Crippen LogP contribution in [0.3, 0.4) is 0 Å². The summed E-state index contributed by atoms with van der Waals surface area (Å²) in [6, 6.07) is 1.19. The molecule has 0 aliphatic heterocycles. The Balaban J connectivity index is 3.84. The topological polar surface area (TPSA) is 12.5 Å². The minimum atomic E-state index is -0.0143. The zero-order valence-corrected chi connectivity index (χ0v) is 10.9. The molecule has 2 nitrogen and oxygen atoms in total. The van der Waals surface area contributed by atoms with Gasteiger partial charge in [-0.25, -0.2) is 0 Å². The van der Waals surface area contributed by atoms with Crippen molar-refractivity contribution >= 4 is 0 Å². The van der Waals surface area contributed by atoms with Gasteiger partial charge < -0.3 is 4.74 Å². The van der Waals surface area contributed by atoms with Crippen LogP contribution in [0, 0.1) is 0 Å². The maximum Gasteiger partial charge on any atom is 0.0600 e. The molecule has 0 amide bonds. The van der Waals surface area contributed by atoms with Crippen molar-refractivity contribution in [2.24, 2.45) is 0 Å². The number of nitrogens with zero attached hydrogens (tertiary/aromatic N) is 1. The van der Waals surface area contributed by atoms with E-state index in [1.54, 1.807) is 0 Å². The van der Waals surface area contributed by atoms with Crippen LogP contribution in [0.1, 0.15) is 48.5 Å². The Morgan fingerprint density at radius 3 is 1.71 bits per heavy atom. The minimum Gasteiger partial charge on any atom is -0.375 e. The van der Waals surface area contributed by atoms with Gasteiger partial charge in [-0.1, -0.05) is 0 Å². The molecule has 86 valence electrons. The molecule has 0 aromatic rings. The Hall–Kier alpha value is -0.0800. The van der Waals surface area contributed by atoms with Crippen molar-refractivity contribution in [2.75, 3.05) is 13.2 Å². The van der Waals surface area contributed by atoms with Crippen LogP contribution < -0.4 is 0 Å². The van der Waals surface area contributed by atoms with Crippen LogP contribution in [0.5, 0.6) is 0 Å². The molecule has 0 aromatic carbocycles. The zero-order chi connectivity index (χ0) is 11.4. The molecule has 0 unspecified atom stereocenters. The molecule has 0 radical (unpaired) electrons. The molecule has 0 aliphatic rings. The van der Waals surface area contributed by atoms with E-state index >= 15 is 0 Å². The van der Waals surface area contributed by atoms with Crippen molar-refractivity contribution < 1.29 is 4.74 Å². The molecule has 0 bridgehead atoms. The van der Waals surface area contributed by atoms with Crippen LogP contribution in [-0.4, -0.2) is 35.7 Å². The fourth-order valence-corrected chi connectivity index (χ4v) is 1.57. The fourth-order valence-electron chi connectivity index (χ4n) is 1.57. The molecule has 0 spiro atoms. The number of rotatable bonds is 5. The fraction of sp³-hybridized carbons (Fsp3) is 1.00. The summed E-state index contributed by atoms with van der Waals surface area (Å²) in [7, 11) is 0. The molecule has 0 saturated heterocycles. The van der Waals surface area contributed by atoms with E-state index in [1.165, 1.54) is 0 Å². The van der Waals surface area contributed by atoms with Gasteiger partial charge in [-0.15, -0.1) is 0 Å². The SMILES string of the molecule is CC(C)N(CCOC(C)(C)C)C(C)C. The highest BCUT2D eigenvalue weighted by Crippen LogP contribution is 2.09. The Morgan fingerprint density at radius 1 is 1.00 bits per heavy atom. The van der Waals surface area contributed by atoms with E-state index in [1.807, 2.05) is 0 Å². The Kier molecular flexibility index (Phi) is 5.68. The second-order valence-corrected chi connectivity index (χ2v) is 5.39. The third-order valence-electron chi connectivity index (χ3n) is 2.21. The molecule has 0 aliphatic carbocycles. The van der Waals surface area contributed by atoms with Crippen LogP contribution >= 0.6 is 0 Å². The number of hydrogen-bond donors (Lipinski definition) is 0. The first kappa shape index (κ1) is 13.9. The van der Waals surface area contributed by atoms with Crippen LogP contribution in [0.15, 0.2) is 0 Å². The van der Waals surface area contributed by atoms with Gasteiger partial charge in [0.05, 0.1) is 12.2 Å². The van der Waals surface area contributed by atoms with E-state index < -0.39 is 0 Å². The van der Waals surface area contributed by atoms with Crippen molar-refractivity contribution in [3.63, 3.8) is 0 Å². The molecule has 0 saturated carbocycles. The summed E-state index contributed by atoms with van der Waals surface area (Å²) in [5.74, 6) is 0. The van der Waals surface area contributed by atoms with Crippen LogP contribution in [-0.2, 0) is 4.74 Å². The quantitative estimate of drug-likeness (QED) is 0.678. The van der Waals surface area contributed by atoms with E-state index in [2.05, 4.69) is 53.4 Å². The summed E-state index contributed by atoms with van der Waals surface area (Å²) in [6.07, 6.45) is 0. The number of ether oxygens (including phenoxy) is 1. The summed E-state index contributed by atoms with van der Waals surface area (Å²) in [5, 5.41) is 0. The average Bonchev–Trinajstić information content (AvgIpc) is 1.94. The van der Waals surface area contributed by atoms with Gasteiger partial charge in [0, 0.05) is 18.6 Å². The Labute approximate surface area is 89.6 Å². The molecule has 0 atom stereocenters. The van der Waals surface area contributed by atoms with Crippen molar-refractivity contribution in [3.05, 3.63) is 0 Å². The molecule has 14 heavy (non-hydrogen) atoms. The van der Waals surface area contributed by atoms with Gasteiger partial charge in [0.2, 0.25) is 0 Å². The first-order chi connectivity index (χ1) is 6.24. The lowest BCUT2D eigenvalue weighted by Crippen LogP contribution is -2.40. The lowest BCUT2D eigenvalue weighted by atomic mass is 10.2. The van der Waals surface area contributed by atoms with Crippen LogP contribution in [0.2, 0.25) is 0 Å². The first-order valence-corrected chi connectivity index (χ1v) is 5.63. The lowest BCUT2D eigenvalue weighted by molar-refractivity contribution is -0.0201. The summed E-state index contributed by atoms with van der Waals surface area (Å²) >= 11 is 0. The second kappa shape index (κ2) is 5.72. The Morgan fingerprint density at radius 2 is 1.43 bits per heavy atom. The first-order valence-electron chi connectivity index (χ1n) is 5.63. The van der Waals surface area contributed by atoms with E-state index in [4.69, 9.17) is 4.74 Å². The normalized spacial score (nSPS) is 13.3. The third-order valence-corrected chi connectivity index (χ3v) is 2.21. The zero-order valence-electron chi connectivity index (χ0n) is 10.9. The monoisotopic (exact) mass is 201 g/mol. The molecule has 0 heterocycles. The smallest absolute Gasteiger partial charge is 0.0600 e. The lowest BCUT2D eigenvalue weighted by Gasteiger charge is -2.31. The van der Waals surface area contributed by atoms with E-state index in [9.17, 15) is 0 Å². The predicted molar refractivity (Wildman–Crippen MR) is 62.7 cm³/mol. The van der Waals surface area contributed by atoms with Gasteiger partial charge in [-0.3, -0.25) is 4.90 Å². The highest BCUT2D eigenvalue weighted by Gasteiger charge is 2.15.